The molecule has 0 fully saturated rings. The van der Waals surface area contributed by atoms with E-state index in [9.17, 15) is 0 Å². The molecule has 18 heavy (non-hydrogen) atoms. The van der Waals surface area contributed by atoms with Crippen molar-refractivity contribution in [1.82, 2.24) is 5.32 Å². The molecule has 0 bridgehead atoms. The molecule has 0 radical (unpaired) electrons. The smallest absolute Gasteiger partial charge is 0.0644 e. The third kappa shape index (κ3) is 12.3. The molecule has 110 valence electrons. The van der Waals surface area contributed by atoms with Crippen molar-refractivity contribution < 1.29 is 9.47 Å². The molecule has 0 heterocycles. The summed E-state index contributed by atoms with van der Waals surface area (Å²) in [6.45, 7) is 13.6. The van der Waals surface area contributed by atoms with Gasteiger partial charge < -0.3 is 14.8 Å². The molecule has 0 unspecified atom stereocenters. The predicted octanol–water partition coefficient (Wildman–Crippen LogP) is 3.38. The minimum atomic E-state index is -0.0589. The van der Waals surface area contributed by atoms with Gasteiger partial charge in [-0.1, -0.05) is 0 Å². The fourth-order valence-electron chi connectivity index (χ4n) is 1.49. The number of methoxy groups -OCH3 is 1. The Balaban J connectivity index is 3.22. The van der Waals surface area contributed by atoms with Crippen LogP contribution >= 0.6 is 0 Å². The van der Waals surface area contributed by atoms with E-state index >= 15 is 0 Å². The number of hydrogen-bond acceptors (Lipinski definition) is 3. The van der Waals surface area contributed by atoms with Crippen molar-refractivity contribution in [2.24, 2.45) is 0 Å². The van der Waals surface area contributed by atoms with Gasteiger partial charge in [-0.15, -0.1) is 0 Å². The molecule has 1 N–H and O–H groups in total. The largest absolute Gasteiger partial charge is 0.381 e. The van der Waals surface area contributed by atoms with E-state index in [-0.39, 0.29) is 11.1 Å². The maximum absolute atomic E-state index is 5.62. The molecule has 0 aliphatic carbocycles. The van der Waals surface area contributed by atoms with Crippen molar-refractivity contribution in [3.63, 3.8) is 0 Å². The summed E-state index contributed by atoms with van der Waals surface area (Å²) < 4.78 is 11.0. The third-order valence-electron chi connectivity index (χ3n) is 3.02. The zero-order chi connectivity index (χ0) is 14.1. The Hall–Kier alpha value is -0.120. The molecule has 0 aromatic heterocycles. The van der Waals surface area contributed by atoms with Crippen LogP contribution in [0.2, 0.25) is 0 Å². The highest BCUT2D eigenvalue weighted by Gasteiger charge is 2.15. The zero-order valence-corrected chi connectivity index (χ0v) is 13.3. The van der Waals surface area contributed by atoms with Gasteiger partial charge in [0, 0.05) is 25.9 Å². The fourth-order valence-corrected chi connectivity index (χ4v) is 1.49. The first-order chi connectivity index (χ1) is 8.27. The van der Waals surface area contributed by atoms with Crippen LogP contribution in [0.1, 0.15) is 60.3 Å². The van der Waals surface area contributed by atoms with E-state index in [4.69, 9.17) is 9.47 Å². The Kier molecular flexibility index (Phi) is 8.83. The molecule has 0 aliphatic heterocycles. The van der Waals surface area contributed by atoms with Gasteiger partial charge in [-0.3, -0.25) is 0 Å². The van der Waals surface area contributed by atoms with E-state index in [1.807, 2.05) is 0 Å². The van der Waals surface area contributed by atoms with Crippen LogP contribution in [0, 0.1) is 0 Å². The van der Waals surface area contributed by atoms with Crippen molar-refractivity contribution in [3.05, 3.63) is 0 Å². The van der Waals surface area contributed by atoms with Crippen molar-refractivity contribution >= 4 is 0 Å². The molecule has 3 heteroatoms. The molecule has 0 rings (SSSR count). The summed E-state index contributed by atoms with van der Waals surface area (Å²) in [5, 5.41) is 3.49. The van der Waals surface area contributed by atoms with E-state index in [1.165, 1.54) is 12.8 Å². The van der Waals surface area contributed by atoms with Crippen LogP contribution in [0.15, 0.2) is 0 Å². The molecule has 3 nitrogen and oxygen atoms in total. The second-order valence-electron chi connectivity index (χ2n) is 6.56. The van der Waals surface area contributed by atoms with Crippen LogP contribution in [-0.2, 0) is 9.47 Å². The van der Waals surface area contributed by atoms with Gasteiger partial charge in [0.2, 0.25) is 0 Å². The summed E-state index contributed by atoms with van der Waals surface area (Å²) in [5.74, 6) is 0. The lowest BCUT2D eigenvalue weighted by Gasteiger charge is -2.22. The lowest BCUT2D eigenvalue weighted by atomic mass is 10.1. The van der Waals surface area contributed by atoms with Gasteiger partial charge in [0.1, 0.15) is 0 Å². The van der Waals surface area contributed by atoms with Crippen LogP contribution in [0.5, 0.6) is 0 Å². The minimum absolute atomic E-state index is 0.0589. The molecule has 0 aromatic rings. The highest BCUT2D eigenvalue weighted by atomic mass is 16.5. The fraction of sp³-hybridized carbons (Fsp3) is 1.00. The van der Waals surface area contributed by atoms with Crippen molar-refractivity contribution in [2.75, 3.05) is 26.9 Å². The van der Waals surface area contributed by atoms with E-state index in [0.717, 1.165) is 32.6 Å². The lowest BCUT2D eigenvalue weighted by Crippen LogP contribution is -2.36. The number of rotatable bonds is 10. The molecule has 0 saturated carbocycles. The monoisotopic (exact) mass is 259 g/mol. The highest BCUT2D eigenvalue weighted by Crippen LogP contribution is 2.12. The number of hydrogen-bond donors (Lipinski definition) is 1. The first-order valence-electron chi connectivity index (χ1n) is 7.15. The van der Waals surface area contributed by atoms with Crippen molar-refractivity contribution in [1.29, 1.82) is 0 Å². The number of ether oxygens (including phenoxy) is 2. The SMILES string of the molecule is COC(C)(C)CCOCCCCCNC(C)(C)C. The molecule has 0 spiro atoms. The number of nitrogens with one attached hydrogen (secondary N) is 1. The Morgan fingerprint density at radius 2 is 1.56 bits per heavy atom. The van der Waals surface area contributed by atoms with Gasteiger partial charge >= 0.3 is 0 Å². The highest BCUT2D eigenvalue weighted by molar-refractivity contribution is 4.69. The Morgan fingerprint density at radius 3 is 2.11 bits per heavy atom. The zero-order valence-electron chi connectivity index (χ0n) is 13.3. The normalized spacial score (nSPS) is 13.0. The van der Waals surface area contributed by atoms with Gasteiger partial charge in [0.05, 0.1) is 5.60 Å². The molecule has 0 aliphatic rings. The second kappa shape index (κ2) is 8.89. The van der Waals surface area contributed by atoms with Crippen LogP contribution in [0.25, 0.3) is 0 Å². The lowest BCUT2D eigenvalue weighted by molar-refractivity contribution is -0.0101. The summed E-state index contributed by atoms with van der Waals surface area (Å²) in [6, 6.07) is 0. The molecule has 0 amide bonds. The van der Waals surface area contributed by atoms with Gasteiger partial charge in [-0.05, 0) is 66.8 Å². The van der Waals surface area contributed by atoms with Gasteiger partial charge in [-0.25, -0.2) is 0 Å². The Bertz CT molecular complexity index is 197. The first-order valence-corrected chi connectivity index (χ1v) is 7.15. The first kappa shape index (κ1) is 17.9. The van der Waals surface area contributed by atoms with E-state index in [1.54, 1.807) is 7.11 Å². The third-order valence-corrected chi connectivity index (χ3v) is 3.02. The summed E-state index contributed by atoms with van der Waals surface area (Å²) in [4.78, 5) is 0. The Morgan fingerprint density at radius 1 is 0.889 bits per heavy atom. The standard InChI is InChI=1S/C15H33NO2/c1-14(2,3)16-11-8-7-9-12-18-13-10-15(4,5)17-6/h16H,7-13H2,1-6H3. The second-order valence-corrected chi connectivity index (χ2v) is 6.56. The van der Waals surface area contributed by atoms with Gasteiger partial charge in [0.25, 0.3) is 0 Å². The predicted molar refractivity (Wildman–Crippen MR) is 78.1 cm³/mol. The quantitative estimate of drug-likeness (QED) is 0.610. The van der Waals surface area contributed by atoms with Crippen LogP contribution in [-0.4, -0.2) is 38.0 Å². The maximum atomic E-state index is 5.62. The summed E-state index contributed by atoms with van der Waals surface area (Å²) >= 11 is 0. The molecule has 0 atom stereocenters. The van der Waals surface area contributed by atoms with Crippen LogP contribution < -0.4 is 5.32 Å². The van der Waals surface area contributed by atoms with Gasteiger partial charge in [-0.2, -0.15) is 0 Å². The van der Waals surface area contributed by atoms with Crippen LogP contribution in [0.3, 0.4) is 0 Å². The average Bonchev–Trinajstić information content (AvgIpc) is 2.25. The van der Waals surface area contributed by atoms with Crippen LogP contribution in [0.4, 0.5) is 0 Å². The summed E-state index contributed by atoms with van der Waals surface area (Å²) in [5.41, 5.74) is 0.179. The number of unbranched alkanes of at least 4 members (excludes halogenated alkanes) is 2. The molecule has 0 saturated heterocycles. The maximum Gasteiger partial charge on any atom is 0.0644 e. The van der Waals surface area contributed by atoms with Crippen molar-refractivity contribution in [3.8, 4) is 0 Å². The van der Waals surface area contributed by atoms with Crippen molar-refractivity contribution in [2.45, 2.75) is 71.4 Å². The minimum Gasteiger partial charge on any atom is -0.381 e. The molecule has 0 aromatic carbocycles. The Labute approximate surface area is 114 Å². The van der Waals surface area contributed by atoms with E-state index in [2.05, 4.69) is 39.9 Å². The van der Waals surface area contributed by atoms with Gasteiger partial charge in [0.15, 0.2) is 0 Å². The average molecular weight is 259 g/mol. The van der Waals surface area contributed by atoms with E-state index in [0.29, 0.717) is 0 Å². The summed E-state index contributed by atoms with van der Waals surface area (Å²) in [7, 11) is 1.75. The van der Waals surface area contributed by atoms with E-state index < -0.39 is 0 Å². The summed E-state index contributed by atoms with van der Waals surface area (Å²) in [6.07, 6.45) is 4.56. The molecular formula is C15H33NO2. The topological polar surface area (TPSA) is 30.5 Å². The molecular weight excluding hydrogens is 226 g/mol.